The standard InChI is InChI=1S/C22H23N5O4S/c1-4-11-26-20(13-31-19-8-6-5-7-16(19)3)24-25-22(26)32-14-21(28)23-17-10-9-15(2)18(12-17)27(29)30/h4-10,12H,1,11,13-14H2,2-3H3,(H,23,28). The van der Waals surface area contributed by atoms with Gasteiger partial charge in [0.1, 0.15) is 12.4 Å². The summed E-state index contributed by atoms with van der Waals surface area (Å²) in [7, 11) is 0. The number of hydrogen-bond acceptors (Lipinski definition) is 7. The number of aromatic nitrogens is 3. The first-order valence-corrected chi connectivity index (χ1v) is 10.8. The van der Waals surface area contributed by atoms with Crippen molar-refractivity contribution < 1.29 is 14.5 Å². The maximum absolute atomic E-state index is 12.4. The first-order valence-electron chi connectivity index (χ1n) is 9.78. The highest BCUT2D eigenvalue weighted by Crippen LogP contribution is 2.24. The lowest BCUT2D eigenvalue weighted by atomic mass is 10.2. The van der Waals surface area contributed by atoms with Crippen LogP contribution in [0.15, 0.2) is 60.3 Å². The smallest absolute Gasteiger partial charge is 0.274 e. The molecule has 3 rings (SSSR count). The van der Waals surface area contributed by atoms with E-state index in [0.717, 1.165) is 11.3 Å². The van der Waals surface area contributed by atoms with Crippen molar-refractivity contribution >= 4 is 29.0 Å². The van der Waals surface area contributed by atoms with Gasteiger partial charge in [-0.1, -0.05) is 42.1 Å². The Kier molecular flexibility index (Phi) is 7.61. The van der Waals surface area contributed by atoms with E-state index in [2.05, 4.69) is 22.1 Å². The number of nitro groups is 1. The summed E-state index contributed by atoms with van der Waals surface area (Å²) >= 11 is 1.21. The fourth-order valence-corrected chi connectivity index (χ4v) is 3.68. The Bertz CT molecular complexity index is 1150. The van der Waals surface area contributed by atoms with Crippen LogP contribution in [0.4, 0.5) is 11.4 Å². The number of nitrogens with one attached hydrogen (secondary N) is 1. The van der Waals surface area contributed by atoms with Gasteiger partial charge >= 0.3 is 0 Å². The third kappa shape index (κ3) is 5.73. The predicted molar refractivity (Wildman–Crippen MR) is 123 cm³/mol. The number of rotatable bonds is 10. The quantitative estimate of drug-likeness (QED) is 0.211. The number of nitrogens with zero attached hydrogens (tertiary/aromatic N) is 4. The molecule has 3 aromatic rings. The molecule has 0 radical (unpaired) electrons. The zero-order chi connectivity index (χ0) is 23.1. The van der Waals surface area contributed by atoms with Gasteiger partial charge in [0.25, 0.3) is 5.69 Å². The Balaban J connectivity index is 1.64. The van der Waals surface area contributed by atoms with Crippen LogP contribution in [-0.4, -0.2) is 31.3 Å². The predicted octanol–water partition coefficient (Wildman–Crippen LogP) is 4.30. The molecule has 0 saturated carbocycles. The molecule has 10 heteroatoms. The molecule has 0 aliphatic carbocycles. The van der Waals surface area contributed by atoms with Crippen molar-refractivity contribution in [3.8, 4) is 5.75 Å². The molecule has 0 unspecified atom stereocenters. The maximum Gasteiger partial charge on any atom is 0.274 e. The molecule has 9 nitrogen and oxygen atoms in total. The minimum Gasteiger partial charge on any atom is -0.485 e. The van der Waals surface area contributed by atoms with Crippen molar-refractivity contribution in [2.75, 3.05) is 11.1 Å². The molecule has 0 saturated heterocycles. The van der Waals surface area contributed by atoms with Crippen LogP contribution in [0.1, 0.15) is 17.0 Å². The lowest BCUT2D eigenvalue weighted by Crippen LogP contribution is -2.15. The Labute approximate surface area is 189 Å². The number of carbonyl (C=O) groups is 1. The number of carbonyl (C=O) groups excluding carboxylic acids is 1. The lowest BCUT2D eigenvalue weighted by Gasteiger charge is -2.10. The first-order chi connectivity index (χ1) is 15.4. The molecule has 1 aromatic heterocycles. The molecule has 32 heavy (non-hydrogen) atoms. The summed E-state index contributed by atoms with van der Waals surface area (Å²) < 4.78 is 7.70. The van der Waals surface area contributed by atoms with Gasteiger partial charge in [-0.2, -0.15) is 0 Å². The minimum atomic E-state index is -0.474. The maximum atomic E-state index is 12.4. The van der Waals surface area contributed by atoms with Gasteiger partial charge in [-0.05, 0) is 31.5 Å². The topological polar surface area (TPSA) is 112 Å². The van der Waals surface area contributed by atoms with E-state index in [1.807, 2.05) is 35.8 Å². The second-order valence-electron chi connectivity index (χ2n) is 6.95. The van der Waals surface area contributed by atoms with Gasteiger partial charge < -0.3 is 10.1 Å². The summed E-state index contributed by atoms with van der Waals surface area (Å²) in [5, 5.41) is 22.7. The lowest BCUT2D eigenvalue weighted by molar-refractivity contribution is -0.385. The van der Waals surface area contributed by atoms with E-state index >= 15 is 0 Å². The van der Waals surface area contributed by atoms with Gasteiger partial charge in [0.05, 0.1) is 10.7 Å². The molecular formula is C22H23N5O4S. The number of aryl methyl sites for hydroxylation is 2. The Morgan fingerprint density at radius 2 is 2.03 bits per heavy atom. The van der Waals surface area contributed by atoms with Crippen molar-refractivity contribution in [1.29, 1.82) is 0 Å². The molecule has 2 aromatic carbocycles. The molecule has 1 amide bonds. The van der Waals surface area contributed by atoms with E-state index in [1.165, 1.54) is 17.8 Å². The molecule has 1 heterocycles. The Hall–Kier alpha value is -3.66. The molecular weight excluding hydrogens is 430 g/mol. The van der Waals surface area contributed by atoms with Crippen molar-refractivity contribution in [2.45, 2.75) is 32.2 Å². The van der Waals surface area contributed by atoms with E-state index in [-0.39, 0.29) is 24.0 Å². The van der Waals surface area contributed by atoms with Crippen LogP contribution in [0, 0.1) is 24.0 Å². The van der Waals surface area contributed by atoms with Crippen molar-refractivity contribution in [3.05, 3.63) is 82.2 Å². The van der Waals surface area contributed by atoms with Gasteiger partial charge in [0, 0.05) is 23.9 Å². The van der Waals surface area contributed by atoms with Gasteiger partial charge in [0.15, 0.2) is 11.0 Å². The fraction of sp³-hybridized carbons (Fsp3) is 0.227. The van der Waals surface area contributed by atoms with Crippen LogP contribution in [-0.2, 0) is 17.9 Å². The van der Waals surface area contributed by atoms with Gasteiger partial charge in [-0.25, -0.2) is 0 Å². The molecule has 1 N–H and O–H groups in total. The number of hydrogen-bond donors (Lipinski definition) is 1. The number of ether oxygens (including phenoxy) is 1. The number of para-hydroxylation sites is 1. The molecule has 0 fully saturated rings. The van der Waals surface area contributed by atoms with Crippen LogP contribution >= 0.6 is 11.8 Å². The highest BCUT2D eigenvalue weighted by atomic mass is 32.2. The molecule has 166 valence electrons. The van der Waals surface area contributed by atoms with E-state index in [9.17, 15) is 14.9 Å². The normalized spacial score (nSPS) is 10.6. The molecule has 0 bridgehead atoms. The van der Waals surface area contributed by atoms with Crippen molar-refractivity contribution in [1.82, 2.24) is 14.8 Å². The largest absolute Gasteiger partial charge is 0.485 e. The van der Waals surface area contributed by atoms with E-state index in [1.54, 1.807) is 25.1 Å². The number of nitro benzene ring substituents is 1. The number of amides is 1. The molecule has 0 spiro atoms. The minimum absolute atomic E-state index is 0.0422. The fourth-order valence-electron chi connectivity index (χ4n) is 2.92. The average Bonchev–Trinajstić information content (AvgIpc) is 3.14. The highest BCUT2D eigenvalue weighted by Gasteiger charge is 2.16. The zero-order valence-electron chi connectivity index (χ0n) is 17.8. The number of benzene rings is 2. The summed E-state index contributed by atoms with van der Waals surface area (Å²) in [6.45, 7) is 8.07. The highest BCUT2D eigenvalue weighted by molar-refractivity contribution is 7.99. The van der Waals surface area contributed by atoms with Gasteiger partial charge in [0.2, 0.25) is 5.91 Å². The van der Waals surface area contributed by atoms with Gasteiger partial charge in [-0.3, -0.25) is 19.5 Å². The molecule has 0 atom stereocenters. The van der Waals surface area contributed by atoms with E-state index < -0.39 is 4.92 Å². The van der Waals surface area contributed by atoms with Crippen molar-refractivity contribution in [3.63, 3.8) is 0 Å². The van der Waals surface area contributed by atoms with Crippen LogP contribution in [0.25, 0.3) is 0 Å². The average molecular weight is 454 g/mol. The van der Waals surface area contributed by atoms with E-state index in [4.69, 9.17) is 4.74 Å². The van der Waals surface area contributed by atoms with Crippen molar-refractivity contribution in [2.24, 2.45) is 0 Å². The zero-order valence-corrected chi connectivity index (χ0v) is 18.6. The van der Waals surface area contributed by atoms with E-state index in [0.29, 0.717) is 28.8 Å². The Morgan fingerprint density at radius 1 is 1.25 bits per heavy atom. The summed E-state index contributed by atoms with van der Waals surface area (Å²) in [6.07, 6.45) is 1.72. The third-order valence-electron chi connectivity index (χ3n) is 4.58. The summed E-state index contributed by atoms with van der Waals surface area (Å²) in [5.41, 5.74) is 1.87. The third-order valence-corrected chi connectivity index (χ3v) is 5.54. The van der Waals surface area contributed by atoms with Crippen LogP contribution < -0.4 is 10.1 Å². The van der Waals surface area contributed by atoms with Crippen LogP contribution in [0.3, 0.4) is 0 Å². The number of thioether (sulfide) groups is 1. The number of allylic oxidation sites excluding steroid dienone is 1. The van der Waals surface area contributed by atoms with Gasteiger partial charge in [-0.15, -0.1) is 16.8 Å². The first kappa shape index (κ1) is 23.0. The summed E-state index contributed by atoms with van der Waals surface area (Å²) in [4.78, 5) is 23.0. The molecule has 0 aliphatic heterocycles. The molecule has 0 aliphatic rings. The second kappa shape index (κ2) is 10.6. The second-order valence-corrected chi connectivity index (χ2v) is 7.89. The summed E-state index contributed by atoms with van der Waals surface area (Å²) in [5.74, 6) is 1.14. The van der Waals surface area contributed by atoms with Crippen LogP contribution in [0.5, 0.6) is 5.75 Å². The SMILES string of the molecule is C=CCn1c(COc2ccccc2C)nnc1SCC(=O)Nc1ccc(C)c([N+](=O)[O-])c1. The monoisotopic (exact) mass is 453 g/mol. The Morgan fingerprint density at radius 3 is 2.75 bits per heavy atom. The van der Waals surface area contributed by atoms with Crippen LogP contribution in [0.2, 0.25) is 0 Å². The number of anilines is 1. The summed E-state index contributed by atoms with van der Waals surface area (Å²) in [6, 6.07) is 12.3.